The second-order valence-electron chi connectivity index (χ2n) is 5.31. The van der Waals surface area contributed by atoms with Gasteiger partial charge in [0.1, 0.15) is 6.61 Å². The number of rotatable bonds is 5. The fourth-order valence-corrected chi connectivity index (χ4v) is 2.03. The number of hydrogen-bond acceptors (Lipinski definition) is 4. The summed E-state index contributed by atoms with van der Waals surface area (Å²) in [5.41, 5.74) is 5.61. The van der Waals surface area contributed by atoms with Crippen LogP contribution in [-0.4, -0.2) is 30.2 Å². The second kappa shape index (κ2) is 5.89. The molecule has 1 aliphatic rings. The maximum absolute atomic E-state index is 10.4. The second-order valence-corrected chi connectivity index (χ2v) is 5.31. The lowest BCUT2D eigenvalue weighted by atomic mass is 9.96. The van der Waals surface area contributed by atoms with Crippen LogP contribution >= 0.6 is 0 Å². The Morgan fingerprint density at radius 2 is 2.33 bits per heavy atom. The molecule has 1 heterocycles. The Morgan fingerprint density at radius 1 is 1.67 bits per heavy atom. The van der Waals surface area contributed by atoms with E-state index in [1.165, 1.54) is 0 Å². The van der Waals surface area contributed by atoms with Gasteiger partial charge in [-0.1, -0.05) is 6.58 Å². The maximum atomic E-state index is 10.4. The molecule has 1 aliphatic heterocycles. The minimum absolute atomic E-state index is 0.0714. The molecule has 0 fully saturated rings. The monoisotopic (exact) mass is 254 g/mol. The van der Waals surface area contributed by atoms with Crippen LogP contribution < -0.4 is 5.73 Å². The predicted molar refractivity (Wildman–Crippen MR) is 70.6 cm³/mol. The number of nitrogens with zero attached hydrogens (tertiary/aromatic N) is 1. The highest BCUT2D eigenvalue weighted by atomic mass is 16.5. The summed E-state index contributed by atoms with van der Waals surface area (Å²) in [6.07, 6.45) is 1.67. The predicted octanol–water partition coefficient (Wildman–Crippen LogP) is 2.40. The molecule has 18 heavy (non-hydrogen) atoms. The highest BCUT2D eigenvalue weighted by molar-refractivity contribution is 5.77. The SMILES string of the molecule is C=C(CCC1=NC(C)(C)CC(C)O1)COC(N)=O. The van der Waals surface area contributed by atoms with E-state index < -0.39 is 6.09 Å². The first kappa shape index (κ1) is 14.5. The number of carbonyl (C=O) groups is 1. The number of hydrogen-bond donors (Lipinski definition) is 1. The highest BCUT2D eigenvalue weighted by Gasteiger charge is 2.27. The Morgan fingerprint density at radius 3 is 2.89 bits per heavy atom. The van der Waals surface area contributed by atoms with Crippen LogP contribution in [0, 0.1) is 0 Å². The van der Waals surface area contributed by atoms with Crippen molar-refractivity contribution < 1.29 is 14.3 Å². The first-order chi connectivity index (χ1) is 8.28. The van der Waals surface area contributed by atoms with E-state index >= 15 is 0 Å². The number of amides is 1. The molecule has 1 unspecified atom stereocenters. The molecule has 5 heteroatoms. The zero-order valence-corrected chi connectivity index (χ0v) is 11.4. The summed E-state index contributed by atoms with van der Waals surface area (Å²) in [6, 6.07) is 0. The van der Waals surface area contributed by atoms with E-state index in [9.17, 15) is 4.79 Å². The number of aliphatic imine (C=N–C) groups is 1. The van der Waals surface area contributed by atoms with E-state index in [1.807, 2.05) is 6.92 Å². The highest BCUT2D eigenvalue weighted by Crippen LogP contribution is 2.25. The Balaban J connectivity index is 2.41. The summed E-state index contributed by atoms with van der Waals surface area (Å²) >= 11 is 0. The Hall–Kier alpha value is -1.52. The van der Waals surface area contributed by atoms with Crippen molar-refractivity contribution in [3.8, 4) is 0 Å². The number of carbonyl (C=O) groups excluding carboxylic acids is 1. The summed E-state index contributed by atoms with van der Waals surface area (Å²) < 4.78 is 10.3. The minimum atomic E-state index is -0.780. The summed E-state index contributed by atoms with van der Waals surface area (Å²) in [4.78, 5) is 15.0. The van der Waals surface area contributed by atoms with E-state index in [0.29, 0.717) is 12.8 Å². The largest absolute Gasteiger partial charge is 0.478 e. The van der Waals surface area contributed by atoms with Gasteiger partial charge in [0.25, 0.3) is 0 Å². The van der Waals surface area contributed by atoms with Gasteiger partial charge in [0.2, 0.25) is 0 Å². The van der Waals surface area contributed by atoms with Crippen LogP contribution in [0.15, 0.2) is 17.1 Å². The summed E-state index contributed by atoms with van der Waals surface area (Å²) in [7, 11) is 0. The lowest BCUT2D eigenvalue weighted by molar-refractivity contribution is 0.139. The van der Waals surface area contributed by atoms with Crippen molar-refractivity contribution in [1.82, 2.24) is 0 Å². The normalized spacial score (nSPS) is 21.7. The van der Waals surface area contributed by atoms with Gasteiger partial charge in [-0.3, -0.25) is 0 Å². The molecule has 0 aromatic carbocycles. The van der Waals surface area contributed by atoms with Crippen molar-refractivity contribution in [2.45, 2.75) is 51.7 Å². The Kier molecular flexibility index (Phi) is 4.76. The first-order valence-electron chi connectivity index (χ1n) is 6.13. The van der Waals surface area contributed by atoms with Gasteiger partial charge in [0, 0.05) is 12.8 Å². The van der Waals surface area contributed by atoms with Crippen molar-refractivity contribution in [1.29, 1.82) is 0 Å². The van der Waals surface area contributed by atoms with E-state index in [2.05, 4.69) is 30.2 Å². The van der Waals surface area contributed by atoms with Gasteiger partial charge in [0.05, 0.1) is 11.6 Å². The molecule has 0 aliphatic carbocycles. The van der Waals surface area contributed by atoms with Crippen LogP contribution in [0.4, 0.5) is 4.79 Å². The van der Waals surface area contributed by atoms with Crippen LogP contribution in [0.3, 0.4) is 0 Å². The van der Waals surface area contributed by atoms with Crippen molar-refractivity contribution >= 4 is 12.0 Å². The molecule has 0 spiro atoms. The third kappa shape index (κ3) is 5.21. The number of nitrogens with two attached hydrogens (primary N) is 1. The van der Waals surface area contributed by atoms with Crippen molar-refractivity contribution in [2.75, 3.05) is 6.61 Å². The maximum Gasteiger partial charge on any atom is 0.404 e. The van der Waals surface area contributed by atoms with Gasteiger partial charge in [0.15, 0.2) is 5.90 Å². The van der Waals surface area contributed by atoms with E-state index in [1.54, 1.807) is 0 Å². The van der Waals surface area contributed by atoms with Gasteiger partial charge in [-0.2, -0.15) is 0 Å². The molecule has 5 nitrogen and oxygen atoms in total. The van der Waals surface area contributed by atoms with Gasteiger partial charge >= 0.3 is 6.09 Å². The zero-order chi connectivity index (χ0) is 13.8. The summed E-state index contributed by atoms with van der Waals surface area (Å²) in [5.74, 6) is 0.749. The molecule has 0 radical (unpaired) electrons. The molecule has 0 saturated carbocycles. The lowest BCUT2D eigenvalue weighted by Gasteiger charge is -2.31. The van der Waals surface area contributed by atoms with Gasteiger partial charge < -0.3 is 15.2 Å². The van der Waals surface area contributed by atoms with Crippen LogP contribution in [0.2, 0.25) is 0 Å². The average molecular weight is 254 g/mol. The lowest BCUT2D eigenvalue weighted by Crippen LogP contribution is -2.33. The minimum Gasteiger partial charge on any atom is -0.478 e. The molecule has 1 amide bonds. The van der Waals surface area contributed by atoms with Crippen molar-refractivity contribution in [3.63, 3.8) is 0 Å². The molecule has 1 rings (SSSR count). The van der Waals surface area contributed by atoms with Crippen LogP contribution in [0.1, 0.15) is 40.0 Å². The topological polar surface area (TPSA) is 73.9 Å². The zero-order valence-electron chi connectivity index (χ0n) is 11.4. The average Bonchev–Trinajstić information content (AvgIpc) is 2.20. The molecule has 0 aromatic rings. The van der Waals surface area contributed by atoms with E-state index in [-0.39, 0.29) is 18.2 Å². The van der Waals surface area contributed by atoms with E-state index in [0.717, 1.165) is 17.9 Å². The third-order valence-electron chi connectivity index (χ3n) is 2.66. The molecule has 0 aromatic heterocycles. The molecular formula is C13H22N2O3. The Labute approximate surface area is 108 Å². The first-order valence-corrected chi connectivity index (χ1v) is 6.13. The van der Waals surface area contributed by atoms with Gasteiger partial charge in [-0.25, -0.2) is 9.79 Å². The number of ether oxygens (including phenoxy) is 2. The van der Waals surface area contributed by atoms with Crippen LogP contribution in [-0.2, 0) is 9.47 Å². The summed E-state index contributed by atoms with van der Waals surface area (Å²) in [6.45, 7) is 10.2. The molecular weight excluding hydrogens is 232 g/mol. The van der Waals surface area contributed by atoms with Crippen LogP contribution in [0.5, 0.6) is 0 Å². The standard InChI is InChI=1S/C13H22N2O3/c1-9(8-17-12(14)16)5-6-11-15-13(3,4)7-10(2)18-11/h10H,1,5-8H2,2-4H3,(H2,14,16). The Bertz CT molecular complexity index is 361. The van der Waals surface area contributed by atoms with Crippen molar-refractivity contribution in [3.05, 3.63) is 12.2 Å². The summed E-state index contributed by atoms with van der Waals surface area (Å²) in [5, 5.41) is 0. The third-order valence-corrected chi connectivity index (χ3v) is 2.66. The molecule has 1 atom stereocenters. The van der Waals surface area contributed by atoms with Crippen LogP contribution in [0.25, 0.3) is 0 Å². The van der Waals surface area contributed by atoms with Gasteiger partial charge in [-0.15, -0.1) is 0 Å². The molecule has 0 bridgehead atoms. The molecule has 0 saturated heterocycles. The molecule has 2 N–H and O–H groups in total. The number of primary amides is 1. The molecule has 102 valence electrons. The van der Waals surface area contributed by atoms with Gasteiger partial charge in [-0.05, 0) is 32.8 Å². The quantitative estimate of drug-likeness (QED) is 0.765. The van der Waals surface area contributed by atoms with Crippen molar-refractivity contribution in [2.24, 2.45) is 10.7 Å². The smallest absolute Gasteiger partial charge is 0.404 e. The fraction of sp³-hybridized carbons (Fsp3) is 0.692. The fourth-order valence-electron chi connectivity index (χ4n) is 2.03. The van der Waals surface area contributed by atoms with E-state index in [4.69, 9.17) is 10.5 Å².